The summed E-state index contributed by atoms with van der Waals surface area (Å²) in [5.74, 6) is 1.89. The number of nitrogens with zero attached hydrogens (tertiary/aromatic N) is 5. The van der Waals surface area contributed by atoms with E-state index < -0.39 is 0 Å². The number of aromatic nitrogens is 2. The summed E-state index contributed by atoms with van der Waals surface area (Å²) in [5.41, 5.74) is 2.05. The molecule has 1 saturated heterocycles. The highest BCUT2D eigenvalue weighted by Gasteiger charge is 2.22. The summed E-state index contributed by atoms with van der Waals surface area (Å²) in [6.45, 7) is 11.0. The molecule has 0 N–H and O–H groups in total. The number of carbonyl (C=O) groups excluding carboxylic acids is 1. The molecule has 3 rings (SSSR count). The summed E-state index contributed by atoms with van der Waals surface area (Å²) in [6, 6.07) is 12.4. The van der Waals surface area contributed by atoms with E-state index in [0.29, 0.717) is 0 Å². The van der Waals surface area contributed by atoms with Crippen LogP contribution < -0.4 is 9.80 Å². The Hall–Kier alpha value is -2.63. The first-order chi connectivity index (χ1) is 13.6. The fourth-order valence-corrected chi connectivity index (χ4v) is 3.58. The van der Waals surface area contributed by atoms with E-state index >= 15 is 0 Å². The molecule has 2 heterocycles. The topological polar surface area (TPSA) is 52.6 Å². The van der Waals surface area contributed by atoms with Crippen molar-refractivity contribution >= 4 is 17.7 Å². The van der Waals surface area contributed by atoms with Gasteiger partial charge in [-0.05, 0) is 12.8 Å². The van der Waals surface area contributed by atoms with Crippen LogP contribution in [0.3, 0.4) is 0 Å². The Morgan fingerprint density at radius 3 is 2.21 bits per heavy atom. The Balaban J connectivity index is 1.94. The van der Waals surface area contributed by atoms with Gasteiger partial charge >= 0.3 is 0 Å². The van der Waals surface area contributed by atoms with Crippen molar-refractivity contribution in [2.45, 2.75) is 33.6 Å². The predicted octanol–water partition coefficient (Wildman–Crippen LogP) is 3.44. The SMILES string of the molecule is CCCN(CCC)c1nc(-c2ccccc2)cc(N2CCN(C(C)=O)CC2)n1. The van der Waals surface area contributed by atoms with E-state index in [1.807, 2.05) is 23.1 Å². The largest absolute Gasteiger partial charge is 0.353 e. The summed E-state index contributed by atoms with van der Waals surface area (Å²) >= 11 is 0. The van der Waals surface area contributed by atoms with E-state index in [0.717, 1.165) is 75.1 Å². The molecule has 6 heteroatoms. The first kappa shape index (κ1) is 20.1. The van der Waals surface area contributed by atoms with Crippen molar-refractivity contribution in [3.63, 3.8) is 0 Å². The van der Waals surface area contributed by atoms with Gasteiger partial charge in [0.2, 0.25) is 11.9 Å². The number of amides is 1. The third-order valence-electron chi connectivity index (χ3n) is 5.09. The van der Waals surface area contributed by atoms with Gasteiger partial charge in [0.15, 0.2) is 0 Å². The molecule has 2 aromatic rings. The van der Waals surface area contributed by atoms with Crippen molar-refractivity contribution in [1.82, 2.24) is 14.9 Å². The van der Waals surface area contributed by atoms with Gasteiger partial charge in [-0.15, -0.1) is 0 Å². The van der Waals surface area contributed by atoms with Gasteiger partial charge in [0.05, 0.1) is 5.69 Å². The van der Waals surface area contributed by atoms with Crippen LogP contribution in [-0.4, -0.2) is 60.0 Å². The summed E-state index contributed by atoms with van der Waals surface area (Å²) in [4.78, 5) is 27.9. The molecule has 150 valence electrons. The zero-order valence-corrected chi connectivity index (χ0v) is 17.3. The van der Waals surface area contributed by atoms with Gasteiger partial charge in [0.1, 0.15) is 5.82 Å². The van der Waals surface area contributed by atoms with Gasteiger partial charge in [-0.3, -0.25) is 4.79 Å². The van der Waals surface area contributed by atoms with Gasteiger partial charge in [-0.25, -0.2) is 4.98 Å². The molecule has 28 heavy (non-hydrogen) atoms. The minimum Gasteiger partial charge on any atom is -0.353 e. The number of hydrogen-bond donors (Lipinski definition) is 0. The van der Waals surface area contributed by atoms with Crippen LogP contribution in [0.25, 0.3) is 11.3 Å². The molecule has 1 aliphatic heterocycles. The molecule has 0 atom stereocenters. The third kappa shape index (κ3) is 4.80. The molecular formula is C22H31N5O. The number of benzene rings is 1. The highest BCUT2D eigenvalue weighted by molar-refractivity contribution is 5.73. The third-order valence-corrected chi connectivity index (χ3v) is 5.09. The maximum atomic E-state index is 11.6. The molecule has 1 amide bonds. The Kier molecular flexibility index (Phi) is 6.85. The lowest BCUT2D eigenvalue weighted by atomic mass is 10.1. The molecule has 1 aromatic heterocycles. The van der Waals surface area contributed by atoms with Gasteiger partial charge < -0.3 is 14.7 Å². The Bertz CT molecular complexity index is 766. The minimum atomic E-state index is 0.144. The van der Waals surface area contributed by atoms with E-state index in [-0.39, 0.29) is 5.91 Å². The maximum absolute atomic E-state index is 11.6. The number of hydrogen-bond acceptors (Lipinski definition) is 5. The van der Waals surface area contributed by atoms with E-state index in [9.17, 15) is 4.79 Å². The van der Waals surface area contributed by atoms with E-state index in [2.05, 4.69) is 41.8 Å². The van der Waals surface area contributed by atoms with Crippen LogP contribution in [0.2, 0.25) is 0 Å². The van der Waals surface area contributed by atoms with Crippen molar-refractivity contribution in [3.8, 4) is 11.3 Å². The first-order valence-corrected chi connectivity index (χ1v) is 10.3. The summed E-state index contributed by atoms with van der Waals surface area (Å²) in [7, 11) is 0. The Morgan fingerprint density at radius 1 is 1.00 bits per heavy atom. The maximum Gasteiger partial charge on any atom is 0.227 e. The molecule has 1 aromatic carbocycles. The summed E-state index contributed by atoms with van der Waals surface area (Å²) in [6.07, 6.45) is 2.12. The van der Waals surface area contributed by atoms with Crippen LogP contribution in [0, 0.1) is 0 Å². The molecule has 0 unspecified atom stereocenters. The highest BCUT2D eigenvalue weighted by Crippen LogP contribution is 2.26. The first-order valence-electron chi connectivity index (χ1n) is 10.3. The monoisotopic (exact) mass is 381 g/mol. The number of anilines is 2. The quantitative estimate of drug-likeness (QED) is 0.735. The number of rotatable bonds is 7. The lowest BCUT2D eigenvalue weighted by Crippen LogP contribution is -2.48. The molecule has 0 saturated carbocycles. The zero-order chi connectivity index (χ0) is 19.9. The van der Waals surface area contributed by atoms with Gasteiger partial charge in [-0.2, -0.15) is 4.98 Å². The van der Waals surface area contributed by atoms with E-state index in [1.54, 1.807) is 6.92 Å². The van der Waals surface area contributed by atoms with Crippen LogP contribution >= 0.6 is 0 Å². The standard InChI is InChI=1S/C22H31N5O/c1-4-11-27(12-5-2)22-23-20(19-9-7-6-8-10-19)17-21(24-22)26-15-13-25(14-16-26)18(3)28/h6-10,17H,4-5,11-16H2,1-3H3. The van der Waals surface area contributed by atoms with E-state index in [1.165, 1.54) is 0 Å². The number of piperazine rings is 1. The molecule has 0 radical (unpaired) electrons. The fraction of sp³-hybridized carbons (Fsp3) is 0.500. The van der Waals surface area contributed by atoms with Gasteiger partial charge in [0, 0.05) is 57.8 Å². The Labute approximate surface area is 168 Å². The van der Waals surface area contributed by atoms with Gasteiger partial charge in [0.25, 0.3) is 0 Å². The second-order valence-corrected chi connectivity index (χ2v) is 7.26. The molecule has 0 aliphatic carbocycles. The van der Waals surface area contributed by atoms with Crippen LogP contribution in [0.5, 0.6) is 0 Å². The molecule has 0 bridgehead atoms. The van der Waals surface area contributed by atoms with E-state index in [4.69, 9.17) is 9.97 Å². The van der Waals surface area contributed by atoms with Crippen LogP contribution in [0.1, 0.15) is 33.6 Å². The predicted molar refractivity (Wildman–Crippen MR) is 115 cm³/mol. The number of carbonyl (C=O) groups is 1. The average Bonchev–Trinajstić information content (AvgIpc) is 2.74. The molecule has 0 spiro atoms. The molecule has 1 fully saturated rings. The lowest BCUT2D eigenvalue weighted by Gasteiger charge is -2.35. The smallest absolute Gasteiger partial charge is 0.227 e. The second kappa shape index (κ2) is 9.53. The average molecular weight is 382 g/mol. The van der Waals surface area contributed by atoms with Crippen molar-refractivity contribution in [2.24, 2.45) is 0 Å². The van der Waals surface area contributed by atoms with Crippen molar-refractivity contribution in [1.29, 1.82) is 0 Å². The molecular weight excluding hydrogens is 350 g/mol. The highest BCUT2D eigenvalue weighted by atomic mass is 16.2. The normalized spacial score (nSPS) is 14.2. The fourth-order valence-electron chi connectivity index (χ4n) is 3.58. The Morgan fingerprint density at radius 2 is 1.64 bits per heavy atom. The van der Waals surface area contributed by atoms with Crippen LogP contribution in [0.4, 0.5) is 11.8 Å². The zero-order valence-electron chi connectivity index (χ0n) is 17.3. The lowest BCUT2D eigenvalue weighted by molar-refractivity contribution is -0.129. The second-order valence-electron chi connectivity index (χ2n) is 7.26. The van der Waals surface area contributed by atoms with Crippen molar-refractivity contribution in [3.05, 3.63) is 36.4 Å². The van der Waals surface area contributed by atoms with Crippen LogP contribution in [-0.2, 0) is 4.79 Å². The minimum absolute atomic E-state index is 0.144. The summed E-state index contributed by atoms with van der Waals surface area (Å²) in [5, 5.41) is 0. The molecule has 1 aliphatic rings. The van der Waals surface area contributed by atoms with Crippen molar-refractivity contribution in [2.75, 3.05) is 49.1 Å². The van der Waals surface area contributed by atoms with Crippen molar-refractivity contribution < 1.29 is 4.79 Å². The summed E-state index contributed by atoms with van der Waals surface area (Å²) < 4.78 is 0. The molecule has 6 nitrogen and oxygen atoms in total. The van der Waals surface area contributed by atoms with Crippen LogP contribution in [0.15, 0.2) is 36.4 Å². The van der Waals surface area contributed by atoms with Gasteiger partial charge in [-0.1, -0.05) is 44.2 Å².